The van der Waals surface area contributed by atoms with Gasteiger partial charge in [-0.2, -0.15) is 22.5 Å². The molecule has 100 valence electrons. The van der Waals surface area contributed by atoms with Gasteiger partial charge < -0.3 is 5.32 Å². The largest absolute Gasteiger partial charge is 0.350 e. The lowest BCUT2D eigenvalue weighted by Crippen LogP contribution is -2.06. The second kappa shape index (κ2) is 4.87. The number of nitrogens with zero attached hydrogens (tertiary/aromatic N) is 1. The molecule has 19 heavy (non-hydrogen) atoms. The van der Waals surface area contributed by atoms with Crippen molar-refractivity contribution in [2.45, 2.75) is 13.8 Å². The Hall–Kier alpha value is -2.11. The normalized spacial score (nSPS) is 10.6. The van der Waals surface area contributed by atoms with Gasteiger partial charge in [-0.25, -0.2) is 0 Å². The molecule has 0 aliphatic rings. The summed E-state index contributed by atoms with van der Waals surface area (Å²) in [5.41, 5.74) is 1.13. The minimum absolute atomic E-state index is 0.334. The highest BCUT2D eigenvalue weighted by molar-refractivity contribution is 5.62. The van der Waals surface area contributed by atoms with E-state index in [4.69, 9.17) is 0 Å². The first-order valence-corrected chi connectivity index (χ1v) is 5.44. The number of pyridine rings is 1. The molecule has 2 aromatic rings. The third-order valence-corrected chi connectivity index (χ3v) is 2.49. The highest BCUT2D eigenvalue weighted by Crippen LogP contribution is 2.26. The fourth-order valence-electron chi connectivity index (χ4n) is 1.79. The number of aromatic nitrogens is 1. The first kappa shape index (κ1) is 13.3. The van der Waals surface area contributed by atoms with E-state index in [0.29, 0.717) is 5.69 Å². The molecule has 1 aromatic heterocycles. The molecule has 2 rings (SSSR count). The molecule has 2 nitrogen and oxygen atoms in total. The number of aryl methyl sites for hydroxylation is 2. The summed E-state index contributed by atoms with van der Waals surface area (Å²) >= 11 is 0. The standard InChI is InChI=1S/C13H10F4N2/c1-6-3-7(2)5-8(4-6)18-11-9(14)12(16)19-13(17)10(11)15/h3-5H,1-2H3,(H,18,19). The van der Waals surface area contributed by atoms with Gasteiger partial charge in [0.25, 0.3) is 11.9 Å². The molecular formula is C13H10F4N2. The van der Waals surface area contributed by atoms with Gasteiger partial charge in [-0.3, -0.25) is 0 Å². The minimum Gasteiger partial charge on any atom is -0.350 e. The smallest absolute Gasteiger partial charge is 0.253 e. The van der Waals surface area contributed by atoms with Gasteiger partial charge in [0.1, 0.15) is 5.69 Å². The van der Waals surface area contributed by atoms with Crippen LogP contribution in [0.15, 0.2) is 18.2 Å². The van der Waals surface area contributed by atoms with Gasteiger partial charge in [-0.1, -0.05) is 6.07 Å². The predicted molar refractivity (Wildman–Crippen MR) is 63.3 cm³/mol. The highest BCUT2D eigenvalue weighted by Gasteiger charge is 2.20. The minimum atomic E-state index is -1.69. The van der Waals surface area contributed by atoms with Crippen LogP contribution in [0, 0.1) is 37.4 Å². The number of hydrogen-bond donors (Lipinski definition) is 1. The van der Waals surface area contributed by atoms with Gasteiger partial charge >= 0.3 is 0 Å². The molecule has 0 fully saturated rings. The highest BCUT2D eigenvalue weighted by atomic mass is 19.2. The summed E-state index contributed by atoms with van der Waals surface area (Å²) in [5.74, 6) is -6.49. The van der Waals surface area contributed by atoms with Gasteiger partial charge in [-0.15, -0.1) is 0 Å². The van der Waals surface area contributed by atoms with Crippen molar-refractivity contribution in [2.24, 2.45) is 0 Å². The average Bonchev–Trinajstić information content (AvgIpc) is 2.31. The predicted octanol–water partition coefficient (Wildman–Crippen LogP) is 4.00. The van der Waals surface area contributed by atoms with E-state index in [0.717, 1.165) is 11.1 Å². The van der Waals surface area contributed by atoms with Crippen LogP contribution < -0.4 is 5.32 Å². The van der Waals surface area contributed by atoms with Crippen molar-refractivity contribution in [3.8, 4) is 0 Å². The van der Waals surface area contributed by atoms with Gasteiger partial charge in [-0.05, 0) is 37.1 Å². The molecule has 0 unspecified atom stereocenters. The van der Waals surface area contributed by atoms with E-state index in [1.54, 1.807) is 26.0 Å². The molecule has 0 bridgehead atoms. The third kappa shape index (κ3) is 2.67. The van der Waals surface area contributed by atoms with Gasteiger partial charge in [0.2, 0.25) is 11.6 Å². The first-order valence-electron chi connectivity index (χ1n) is 5.44. The Morgan fingerprint density at radius 1 is 0.842 bits per heavy atom. The molecule has 0 saturated carbocycles. The zero-order valence-corrected chi connectivity index (χ0v) is 10.2. The van der Waals surface area contributed by atoms with Crippen molar-refractivity contribution in [1.82, 2.24) is 4.98 Å². The van der Waals surface area contributed by atoms with Crippen LogP contribution in [0.2, 0.25) is 0 Å². The Morgan fingerprint density at radius 2 is 1.32 bits per heavy atom. The number of hydrogen-bond acceptors (Lipinski definition) is 2. The van der Waals surface area contributed by atoms with Crippen molar-refractivity contribution in [3.05, 3.63) is 52.9 Å². The molecule has 0 amide bonds. The number of benzene rings is 1. The summed E-state index contributed by atoms with van der Waals surface area (Å²) in [7, 11) is 0. The molecule has 0 aliphatic carbocycles. The third-order valence-electron chi connectivity index (χ3n) is 2.49. The SMILES string of the molecule is Cc1cc(C)cc(Nc2c(F)c(F)nc(F)c2F)c1. The van der Waals surface area contributed by atoms with Crippen molar-refractivity contribution in [1.29, 1.82) is 0 Å². The van der Waals surface area contributed by atoms with Crippen LogP contribution in [-0.2, 0) is 0 Å². The monoisotopic (exact) mass is 270 g/mol. The van der Waals surface area contributed by atoms with E-state index < -0.39 is 29.2 Å². The number of halogens is 4. The van der Waals surface area contributed by atoms with Crippen molar-refractivity contribution >= 4 is 11.4 Å². The van der Waals surface area contributed by atoms with Crippen LogP contribution in [0.25, 0.3) is 0 Å². The lowest BCUT2D eigenvalue weighted by atomic mass is 10.1. The van der Waals surface area contributed by atoms with E-state index >= 15 is 0 Å². The lowest BCUT2D eigenvalue weighted by Gasteiger charge is -2.11. The summed E-state index contributed by atoms with van der Waals surface area (Å²) in [6.07, 6.45) is 0. The van der Waals surface area contributed by atoms with Crippen LogP contribution in [0.5, 0.6) is 0 Å². The fraction of sp³-hybridized carbons (Fsp3) is 0.154. The van der Waals surface area contributed by atoms with Crippen molar-refractivity contribution < 1.29 is 17.6 Å². The zero-order chi connectivity index (χ0) is 14.2. The average molecular weight is 270 g/mol. The Morgan fingerprint density at radius 3 is 1.79 bits per heavy atom. The topological polar surface area (TPSA) is 24.9 Å². The fourth-order valence-corrected chi connectivity index (χ4v) is 1.79. The van der Waals surface area contributed by atoms with E-state index in [1.807, 2.05) is 6.07 Å². The second-order valence-corrected chi connectivity index (χ2v) is 4.20. The number of nitrogens with one attached hydrogen (secondary N) is 1. The zero-order valence-electron chi connectivity index (χ0n) is 10.2. The van der Waals surface area contributed by atoms with Crippen molar-refractivity contribution in [3.63, 3.8) is 0 Å². The Balaban J connectivity index is 2.49. The Bertz CT molecular complexity index is 595. The summed E-state index contributed by atoms with van der Waals surface area (Å²) < 4.78 is 52.7. The second-order valence-electron chi connectivity index (χ2n) is 4.20. The number of rotatable bonds is 2. The summed E-state index contributed by atoms with van der Waals surface area (Å²) in [6, 6.07) is 5.05. The van der Waals surface area contributed by atoms with E-state index in [-0.39, 0.29) is 0 Å². The van der Waals surface area contributed by atoms with Crippen LogP contribution in [0.4, 0.5) is 28.9 Å². The van der Waals surface area contributed by atoms with Crippen LogP contribution in [-0.4, -0.2) is 4.98 Å². The molecule has 0 spiro atoms. The molecule has 1 heterocycles. The molecule has 0 aliphatic heterocycles. The van der Waals surface area contributed by atoms with Crippen LogP contribution >= 0.6 is 0 Å². The van der Waals surface area contributed by atoms with E-state index in [9.17, 15) is 17.6 Å². The van der Waals surface area contributed by atoms with Crippen molar-refractivity contribution in [2.75, 3.05) is 5.32 Å². The van der Waals surface area contributed by atoms with Crippen LogP contribution in [0.1, 0.15) is 11.1 Å². The summed E-state index contributed by atoms with van der Waals surface area (Å²) in [5, 5.41) is 2.33. The molecule has 0 radical (unpaired) electrons. The van der Waals surface area contributed by atoms with Gasteiger partial charge in [0.15, 0.2) is 0 Å². The van der Waals surface area contributed by atoms with Crippen LogP contribution in [0.3, 0.4) is 0 Å². The lowest BCUT2D eigenvalue weighted by molar-refractivity contribution is 0.411. The van der Waals surface area contributed by atoms with E-state index in [2.05, 4.69) is 10.3 Å². The number of anilines is 2. The first-order chi connectivity index (χ1) is 8.88. The molecule has 0 atom stereocenters. The molecule has 1 N–H and O–H groups in total. The Labute approximate surface area is 107 Å². The maximum atomic E-state index is 13.4. The van der Waals surface area contributed by atoms with E-state index in [1.165, 1.54) is 0 Å². The summed E-state index contributed by atoms with van der Waals surface area (Å²) in [4.78, 5) is 2.49. The molecular weight excluding hydrogens is 260 g/mol. The quantitative estimate of drug-likeness (QED) is 0.659. The van der Waals surface area contributed by atoms with Gasteiger partial charge in [0, 0.05) is 5.69 Å². The maximum absolute atomic E-state index is 13.4. The van der Waals surface area contributed by atoms with Gasteiger partial charge in [0.05, 0.1) is 0 Å². The Kier molecular flexibility index (Phi) is 3.42. The molecule has 0 saturated heterocycles. The molecule has 1 aromatic carbocycles. The molecule has 6 heteroatoms. The summed E-state index contributed by atoms with van der Waals surface area (Å²) in [6.45, 7) is 3.58. The maximum Gasteiger partial charge on any atom is 0.253 e.